The Morgan fingerprint density at radius 1 is 1.13 bits per heavy atom. The first kappa shape index (κ1) is 19.5. The van der Waals surface area contributed by atoms with Crippen molar-refractivity contribution in [3.8, 4) is 0 Å². The highest BCUT2D eigenvalue weighted by atomic mass is 16.6. The number of H-pyrrole nitrogens is 1. The number of fused-ring (bicyclic) bond motifs is 4. The van der Waals surface area contributed by atoms with Crippen LogP contribution < -0.4 is 4.48 Å². The van der Waals surface area contributed by atoms with E-state index >= 15 is 0 Å². The minimum absolute atomic E-state index is 0.248. The number of rotatable bonds is 2. The maximum Gasteiger partial charge on any atom is 0.410 e. The van der Waals surface area contributed by atoms with Gasteiger partial charge in [-0.15, -0.1) is 0 Å². The standard InChI is InChI=1S/C22H31N6O2/c1-22(2,3)30-21(29)27-6-4-16(5-7-27)18-14-17-19(25-18)23-15-24-20(17)28-11-8-26(9-12-28)10-13-28/h4,14-15H,5-13H2,1-3H3,(H,23,24,25)/q+1. The zero-order chi connectivity index (χ0) is 20.9. The Labute approximate surface area is 177 Å². The number of aromatic amines is 1. The Morgan fingerprint density at radius 2 is 1.87 bits per heavy atom. The number of carbonyl (C=O) groups excluding carboxylic acids is 1. The third-order valence-corrected chi connectivity index (χ3v) is 6.59. The molecule has 4 aliphatic rings. The predicted octanol–water partition coefficient (Wildman–Crippen LogP) is 2.62. The number of quaternary nitrogens is 1. The summed E-state index contributed by atoms with van der Waals surface area (Å²) in [6, 6.07) is 2.22. The van der Waals surface area contributed by atoms with Crippen molar-refractivity contribution < 1.29 is 9.53 Å². The second-order valence-electron chi connectivity index (χ2n) is 9.71. The Bertz CT molecular complexity index is 983. The maximum atomic E-state index is 12.3. The molecule has 160 valence electrons. The summed E-state index contributed by atoms with van der Waals surface area (Å²) in [6.07, 6.45) is 4.37. The van der Waals surface area contributed by atoms with Gasteiger partial charge in [-0.3, -0.25) is 9.38 Å². The molecule has 0 unspecified atom stereocenters. The van der Waals surface area contributed by atoms with Crippen molar-refractivity contribution in [2.45, 2.75) is 32.8 Å². The summed E-state index contributed by atoms with van der Waals surface area (Å²) in [4.78, 5) is 29.4. The van der Waals surface area contributed by atoms with Crippen LogP contribution in [0.4, 0.5) is 10.6 Å². The first-order chi connectivity index (χ1) is 14.3. The molecule has 8 nitrogen and oxygen atoms in total. The van der Waals surface area contributed by atoms with Crippen molar-refractivity contribution in [3.63, 3.8) is 0 Å². The number of nitrogens with one attached hydrogen (secondary N) is 1. The second-order valence-corrected chi connectivity index (χ2v) is 9.71. The molecule has 8 heteroatoms. The Morgan fingerprint density at radius 3 is 2.50 bits per heavy atom. The van der Waals surface area contributed by atoms with Gasteiger partial charge in [0.15, 0.2) is 0 Å². The molecule has 6 rings (SSSR count). The zero-order valence-electron chi connectivity index (χ0n) is 18.1. The van der Waals surface area contributed by atoms with Gasteiger partial charge in [-0.1, -0.05) is 6.08 Å². The molecule has 30 heavy (non-hydrogen) atoms. The number of hydrogen-bond donors (Lipinski definition) is 1. The number of carbonyl (C=O) groups is 1. The van der Waals surface area contributed by atoms with Crippen LogP contribution in [-0.2, 0) is 4.74 Å². The lowest BCUT2D eigenvalue weighted by molar-refractivity contribution is 0.0270. The minimum Gasteiger partial charge on any atom is -0.444 e. The number of piperazine rings is 3. The molecule has 0 aliphatic carbocycles. The summed E-state index contributed by atoms with van der Waals surface area (Å²) < 4.78 is 6.47. The van der Waals surface area contributed by atoms with E-state index in [1.165, 1.54) is 5.57 Å². The summed E-state index contributed by atoms with van der Waals surface area (Å²) in [5.41, 5.74) is 2.75. The molecule has 2 bridgehead atoms. The zero-order valence-corrected chi connectivity index (χ0v) is 18.1. The molecular formula is C22H31N6O2+. The van der Waals surface area contributed by atoms with Crippen molar-refractivity contribution in [1.82, 2.24) is 29.2 Å². The second kappa shape index (κ2) is 7.06. The summed E-state index contributed by atoms with van der Waals surface area (Å²) in [5, 5.41) is 1.14. The molecule has 3 fully saturated rings. The monoisotopic (exact) mass is 411 g/mol. The van der Waals surface area contributed by atoms with Crippen LogP contribution in [0.25, 0.3) is 16.6 Å². The Kier molecular flexibility index (Phi) is 4.59. The fraction of sp³-hybridized carbons (Fsp3) is 0.591. The lowest BCUT2D eigenvalue weighted by Crippen LogP contribution is -2.68. The van der Waals surface area contributed by atoms with E-state index in [4.69, 9.17) is 9.72 Å². The van der Waals surface area contributed by atoms with E-state index in [2.05, 4.69) is 27.0 Å². The van der Waals surface area contributed by atoms with Crippen LogP contribution >= 0.6 is 0 Å². The summed E-state index contributed by atoms with van der Waals surface area (Å²) >= 11 is 0. The number of amides is 1. The molecule has 1 N–H and O–H groups in total. The molecule has 6 heterocycles. The maximum absolute atomic E-state index is 12.3. The van der Waals surface area contributed by atoms with E-state index in [9.17, 15) is 4.79 Å². The van der Waals surface area contributed by atoms with Gasteiger partial charge >= 0.3 is 6.09 Å². The molecule has 2 aromatic rings. The van der Waals surface area contributed by atoms with Crippen LogP contribution in [0.5, 0.6) is 0 Å². The lowest BCUT2D eigenvalue weighted by atomic mass is 10.0. The van der Waals surface area contributed by atoms with Gasteiger partial charge in [0.2, 0.25) is 5.82 Å². The quantitative estimate of drug-likeness (QED) is 0.769. The SMILES string of the molecule is CC(C)(C)OC(=O)N1CC=C(c2cc3c([N+]45CCN(CC4)CC5)ncnc3[nH]2)CC1. The van der Waals surface area contributed by atoms with E-state index in [-0.39, 0.29) is 6.09 Å². The van der Waals surface area contributed by atoms with Crippen molar-refractivity contribution in [2.24, 2.45) is 0 Å². The largest absolute Gasteiger partial charge is 0.444 e. The van der Waals surface area contributed by atoms with Crippen molar-refractivity contribution >= 4 is 28.5 Å². The van der Waals surface area contributed by atoms with Crippen LogP contribution in [0.1, 0.15) is 32.9 Å². The number of hydrogen-bond acceptors (Lipinski definition) is 5. The van der Waals surface area contributed by atoms with Gasteiger partial charge in [0.25, 0.3) is 0 Å². The fourth-order valence-corrected chi connectivity index (χ4v) is 4.87. The predicted molar refractivity (Wildman–Crippen MR) is 117 cm³/mol. The van der Waals surface area contributed by atoms with E-state index in [1.807, 2.05) is 20.8 Å². The minimum atomic E-state index is -0.472. The highest BCUT2D eigenvalue weighted by molar-refractivity contribution is 5.90. The van der Waals surface area contributed by atoms with Crippen LogP contribution in [0.2, 0.25) is 0 Å². The number of aromatic nitrogens is 3. The van der Waals surface area contributed by atoms with Gasteiger partial charge in [0.1, 0.15) is 23.0 Å². The molecule has 3 saturated heterocycles. The summed E-state index contributed by atoms with van der Waals surface area (Å²) in [7, 11) is 0. The van der Waals surface area contributed by atoms with Crippen molar-refractivity contribution in [2.75, 3.05) is 52.4 Å². The van der Waals surface area contributed by atoms with Crippen molar-refractivity contribution in [3.05, 3.63) is 24.2 Å². The van der Waals surface area contributed by atoms with Gasteiger partial charge in [-0.05, 0) is 38.8 Å². The average molecular weight is 412 g/mol. The van der Waals surface area contributed by atoms with Crippen LogP contribution in [0.15, 0.2) is 18.5 Å². The van der Waals surface area contributed by atoms with Crippen LogP contribution in [0, 0.1) is 0 Å². The highest BCUT2D eigenvalue weighted by Gasteiger charge is 2.42. The molecule has 0 spiro atoms. The third kappa shape index (κ3) is 3.48. The Hall–Kier alpha value is -2.45. The van der Waals surface area contributed by atoms with Crippen LogP contribution in [-0.4, -0.2) is 88.8 Å². The van der Waals surface area contributed by atoms with E-state index in [0.717, 1.165) is 72.7 Å². The molecule has 0 radical (unpaired) electrons. The fourth-order valence-electron chi connectivity index (χ4n) is 4.87. The number of ether oxygens (including phenoxy) is 1. The third-order valence-electron chi connectivity index (χ3n) is 6.59. The van der Waals surface area contributed by atoms with Gasteiger partial charge in [0.05, 0.1) is 19.6 Å². The van der Waals surface area contributed by atoms with Gasteiger partial charge in [-0.2, -0.15) is 4.98 Å². The van der Waals surface area contributed by atoms with E-state index in [1.54, 1.807) is 11.2 Å². The first-order valence-corrected chi connectivity index (χ1v) is 10.9. The summed E-state index contributed by atoms with van der Waals surface area (Å²) in [5.74, 6) is 1.16. The molecule has 2 aromatic heterocycles. The van der Waals surface area contributed by atoms with Gasteiger partial charge in [-0.25, -0.2) is 9.78 Å². The topological polar surface area (TPSA) is 74.3 Å². The normalized spacial score (nSPS) is 26.7. The number of nitrogens with zero attached hydrogens (tertiary/aromatic N) is 5. The lowest BCUT2D eigenvalue weighted by Gasteiger charge is -2.49. The van der Waals surface area contributed by atoms with Crippen molar-refractivity contribution in [1.29, 1.82) is 0 Å². The molecule has 0 aromatic carbocycles. The Balaban J connectivity index is 1.40. The molecule has 0 atom stereocenters. The molecular weight excluding hydrogens is 380 g/mol. The molecule has 0 saturated carbocycles. The van der Waals surface area contributed by atoms with Gasteiger partial charge in [0, 0.05) is 38.4 Å². The van der Waals surface area contributed by atoms with E-state index in [0.29, 0.717) is 13.1 Å². The smallest absolute Gasteiger partial charge is 0.410 e. The van der Waals surface area contributed by atoms with Gasteiger partial charge < -0.3 is 14.6 Å². The molecule has 4 aliphatic heterocycles. The highest BCUT2D eigenvalue weighted by Crippen LogP contribution is 2.35. The molecule has 1 amide bonds. The summed E-state index contributed by atoms with van der Waals surface area (Å²) in [6.45, 7) is 13.7. The average Bonchev–Trinajstić information content (AvgIpc) is 3.18. The van der Waals surface area contributed by atoms with Crippen LogP contribution in [0.3, 0.4) is 0 Å². The first-order valence-electron chi connectivity index (χ1n) is 10.9. The van der Waals surface area contributed by atoms with E-state index < -0.39 is 5.60 Å².